The Morgan fingerprint density at radius 2 is 1.91 bits per heavy atom. The Hall–Kier alpha value is -0.970. The average Bonchev–Trinajstić information content (AvgIpc) is 2.57. The summed E-state index contributed by atoms with van der Waals surface area (Å²) < 4.78 is 13.3. The minimum atomic E-state index is -0.131. The first-order valence-electron chi connectivity index (χ1n) is 9.04. The molecule has 1 saturated carbocycles. The number of hydrogen-bond acceptors (Lipinski definition) is 3. The lowest BCUT2D eigenvalue weighted by Crippen LogP contribution is -2.51. The van der Waals surface area contributed by atoms with Gasteiger partial charge in [-0.25, -0.2) is 4.39 Å². The van der Waals surface area contributed by atoms with Gasteiger partial charge in [0.15, 0.2) is 0 Å². The molecule has 1 aromatic carbocycles. The van der Waals surface area contributed by atoms with E-state index in [1.165, 1.54) is 12.8 Å². The molecule has 1 saturated heterocycles. The Labute approximate surface area is 138 Å². The van der Waals surface area contributed by atoms with Crippen LogP contribution >= 0.6 is 0 Å². The highest BCUT2D eigenvalue weighted by Gasteiger charge is 2.31. The maximum atomic E-state index is 13.3. The third-order valence-corrected chi connectivity index (χ3v) is 5.51. The Balaban J connectivity index is 1.44. The average molecular weight is 320 g/mol. The molecular weight excluding hydrogens is 291 g/mol. The van der Waals surface area contributed by atoms with E-state index in [1.807, 2.05) is 19.1 Å². The number of benzene rings is 1. The summed E-state index contributed by atoms with van der Waals surface area (Å²) in [5.74, 6) is -0.131. The monoisotopic (exact) mass is 320 g/mol. The fourth-order valence-corrected chi connectivity index (χ4v) is 4.03. The highest BCUT2D eigenvalue weighted by atomic mass is 19.1. The van der Waals surface area contributed by atoms with Crippen LogP contribution in [0.2, 0.25) is 0 Å². The fourth-order valence-electron chi connectivity index (χ4n) is 4.03. The summed E-state index contributed by atoms with van der Waals surface area (Å²) in [5.41, 5.74) is 1.86. The Morgan fingerprint density at radius 3 is 2.61 bits per heavy atom. The van der Waals surface area contributed by atoms with Crippen molar-refractivity contribution in [1.29, 1.82) is 0 Å². The van der Waals surface area contributed by atoms with Gasteiger partial charge in [-0.3, -0.25) is 4.90 Å². The van der Waals surface area contributed by atoms with E-state index in [9.17, 15) is 9.50 Å². The number of rotatable bonds is 4. The zero-order valence-electron chi connectivity index (χ0n) is 14.1. The molecule has 0 bridgehead atoms. The Morgan fingerprint density at radius 1 is 1.17 bits per heavy atom. The van der Waals surface area contributed by atoms with Crippen molar-refractivity contribution in [3.8, 4) is 0 Å². The fraction of sp³-hybridized carbons (Fsp3) is 0.684. The van der Waals surface area contributed by atoms with Crippen LogP contribution in [0.3, 0.4) is 0 Å². The molecule has 0 spiro atoms. The van der Waals surface area contributed by atoms with Gasteiger partial charge in [0.05, 0.1) is 6.10 Å². The second kappa shape index (κ2) is 7.73. The van der Waals surface area contributed by atoms with Gasteiger partial charge in [-0.05, 0) is 49.8 Å². The van der Waals surface area contributed by atoms with E-state index >= 15 is 0 Å². The molecule has 2 aliphatic rings. The molecule has 3 rings (SSSR count). The number of nitrogens with one attached hydrogen (secondary N) is 1. The molecule has 2 fully saturated rings. The Bertz CT molecular complexity index is 514. The summed E-state index contributed by atoms with van der Waals surface area (Å²) in [4.78, 5) is 2.49. The number of aliphatic hydroxyl groups excluding tert-OH is 1. The number of aliphatic hydroxyl groups is 1. The van der Waals surface area contributed by atoms with Gasteiger partial charge in [0, 0.05) is 31.7 Å². The molecule has 0 radical (unpaired) electrons. The second-order valence-corrected chi connectivity index (χ2v) is 7.19. The van der Waals surface area contributed by atoms with Crippen LogP contribution in [0.15, 0.2) is 18.2 Å². The predicted molar refractivity (Wildman–Crippen MR) is 90.8 cm³/mol. The summed E-state index contributed by atoms with van der Waals surface area (Å²) in [5, 5.41) is 13.8. The van der Waals surface area contributed by atoms with Crippen molar-refractivity contribution in [3.63, 3.8) is 0 Å². The standard InChI is InChI=1S/C19H29FN2O/c1-14-12-15(6-7-17(14)20)13-21-16-8-10-22(11-9-16)18-4-2-3-5-19(18)23/h6-7,12,16,18-19,21,23H,2-5,8-11,13H2,1H3. The molecule has 128 valence electrons. The van der Waals surface area contributed by atoms with E-state index in [0.717, 1.165) is 50.9 Å². The zero-order valence-corrected chi connectivity index (χ0v) is 14.1. The zero-order chi connectivity index (χ0) is 16.2. The Kier molecular flexibility index (Phi) is 5.67. The molecule has 0 aromatic heterocycles. The van der Waals surface area contributed by atoms with Crippen LogP contribution in [0.5, 0.6) is 0 Å². The topological polar surface area (TPSA) is 35.5 Å². The minimum absolute atomic E-state index is 0.129. The van der Waals surface area contributed by atoms with Crippen LogP contribution < -0.4 is 5.32 Å². The molecule has 1 heterocycles. The normalized spacial score (nSPS) is 27.3. The van der Waals surface area contributed by atoms with E-state index in [0.29, 0.717) is 17.6 Å². The van der Waals surface area contributed by atoms with Crippen LogP contribution in [0, 0.1) is 12.7 Å². The number of hydrogen-bond donors (Lipinski definition) is 2. The van der Waals surface area contributed by atoms with Gasteiger partial charge in [0.2, 0.25) is 0 Å². The van der Waals surface area contributed by atoms with Crippen LogP contribution in [-0.4, -0.2) is 41.3 Å². The molecule has 1 aliphatic heterocycles. The van der Waals surface area contributed by atoms with E-state index in [2.05, 4.69) is 10.2 Å². The maximum absolute atomic E-state index is 13.3. The van der Waals surface area contributed by atoms with Crippen molar-refractivity contribution >= 4 is 0 Å². The van der Waals surface area contributed by atoms with Crippen LogP contribution in [0.1, 0.15) is 49.7 Å². The van der Waals surface area contributed by atoms with Crippen LogP contribution in [0.4, 0.5) is 4.39 Å². The summed E-state index contributed by atoms with van der Waals surface area (Å²) in [6.07, 6.45) is 6.67. The van der Waals surface area contributed by atoms with E-state index in [-0.39, 0.29) is 11.9 Å². The molecule has 1 aliphatic carbocycles. The first-order chi connectivity index (χ1) is 11.1. The smallest absolute Gasteiger partial charge is 0.126 e. The van der Waals surface area contributed by atoms with Gasteiger partial charge >= 0.3 is 0 Å². The summed E-state index contributed by atoms with van der Waals surface area (Å²) in [6.45, 7) is 4.76. The molecule has 2 atom stereocenters. The first-order valence-corrected chi connectivity index (χ1v) is 9.04. The quantitative estimate of drug-likeness (QED) is 0.895. The van der Waals surface area contributed by atoms with Gasteiger partial charge in [-0.15, -0.1) is 0 Å². The van der Waals surface area contributed by atoms with Gasteiger partial charge in [0.25, 0.3) is 0 Å². The third-order valence-electron chi connectivity index (χ3n) is 5.51. The van der Waals surface area contributed by atoms with Crippen molar-refractivity contribution in [1.82, 2.24) is 10.2 Å². The van der Waals surface area contributed by atoms with E-state index in [1.54, 1.807) is 6.07 Å². The summed E-state index contributed by atoms with van der Waals surface area (Å²) >= 11 is 0. The van der Waals surface area contributed by atoms with Crippen molar-refractivity contribution in [2.24, 2.45) is 0 Å². The summed E-state index contributed by atoms with van der Waals surface area (Å²) in [7, 11) is 0. The van der Waals surface area contributed by atoms with Crippen LogP contribution in [0.25, 0.3) is 0 Å². The van der Waals surface area contributed by atoms with Crippen molar-refractivity contribution < 1.29 is 9.50 Å². The lowest BCUT2D eigenvalue weighted by atomic mass is 9.89. The number of piperidine rings is 1. The second-order valence-electron chi connectivity index (χ2n) is 7.19. The molecule has 0 amide bonds. The molecule has 3 nitrogen and oxygen atoms in total. The highest BCUT2D eigenvalue weighted by Crippen LogP contribution is 2.26. The third kappa shape index (κ3) is 4.31. The number of likely N-dealkylation sites (tertiary alicyclic amines) is 1. The van der Waals surface area contributed by atoms with Crippen molar-refractivity contribution in [2.45, 2.75) is 70.2 Å². The maximum Gasteiger partial charge on any atom is 0.126 e. The van der Waals surface area contributed by atoms with Gasteiger partial charge in [-0.2, -0.15) is 0 Å². The lowest BCUT2D eigenvalue weighted by molar-refractivity contribution is 0.00714. The van der Waals surface area contributed by atoms with E-state index < -0.39 is 0 Å². The SMILES string of the molecule is Cc1cc(CNC2CCN(C3CCCCC3O)CC2)ccc1F. The van der Waals surface area contributed by atoms with Crippen molar-refractivity contribution in [2.75, 3.05) is 13.1 Å². The highest BCUT2D eigenvalue weighted by molar-refractivity contribution is 5.23. The lowest BCUT2D eigenvalue weighted by Gasteiger charge is -2.41. The molecule has 4 heteroatoms. The van der Waals surface area contributed by atoms with Gasteiger partial charge < -0.3 is 10.4 Å². The molecular formula is C19H29FN2O. The summed E-state index contributed by atoms with van der Waals surface area (Å²) in [6, 6.07) is 6.25. The van der Waals surface area contributed by atoms with Gasteiger partial charge in [-0.1, -0.05) is 25.0 Å². The largest absolute Gasteiger partial charge is 0.391 e. The van der Waals surface area contributed by atoms with Gasteiger partial charge in [0.1, 0.15) is 5.82 Å². The van der Waals surface area contributed by atoms with E-state index in [4.69, 9.17) is 0 Å². The minimum Gasteiger partial charge on any atom is -0.391 e. The number of nitrogens with zero attached hydrogens (tertiary/aromatic N) is 1. The molecule has 2 N–H and O–H groups in total. The number of halogens is 1. The van der Waals surface area contributed by atoms with Crippen LogP contribution in [-0.2, 0) is 6.54 Å². The molecule has 1 aromatic rings. The molecule has 2 unspecified atom stereocenters. The van der Waals surface area contributed by atoms with Crippen molar-refractivity contribution in [3.05, 3.63) is 35.1 Å². The molecule has 23 heavy (non-hydrogen) atoms. The first kappa shape index (κ1) is 16.9. The predicted octanol–water partition coefficient (Wildman–Crippen LogP) is 2.99. The number of aryl methyl sites for hydroxylation is 1.